The zero-order valence-electron chi connectivity index (χ0n) is 11.4. The Labute approximate surface area is 127 Å². The van der Waals surface area contributed by atoms with Crippen LogP contribution in [-0.4, -0.2) is 35.4 Å². The molecule has 3 aliphatic rings. The molecule has 3 nitrogen and oxygen atoms in total. The molecule has 1 aromatic carbocycles. The van der Waals surface area contributed by atoms with E-state index in [1.54, 1.807) is 0 Å². The number of ketones is 1. The van der Waals surface area contributed by atoms with Gasteiger partial charge >= 0.3 is 0 Å². The van der Waals surface area contributed by atoms with E-state index in [1.165, 1.54) is 19.4 Å². The Bertz CT molecular complexity index is 574. The maximum Gasteiger partial charge on any atom is 0.210 e. The number of carbonyl (C=O) groups excluding carboxylic acids is 1. The number of nitrogens with zero attached hydrogens (tertiary/aromatic N) is 1. The SMILES string of the molecule is O=C1c2cc(Br)ccc2OC12CCCN1CCCC1C2. The summed E-state index contributed by atoms with van der Waals surface area (Å²) in [5.41, 5.74) is 0.165. The molecule has 4 heteroatoms. The fraction of sp³-hybridized carbons (Fsp3) is 0.562. The van der Waals surface area contributed by atoms with E-state index in [-0.39, 0.29) is 5.78 Å². The minimum atomic E-state index is -0.590. The molecular weight excluding hydrogens is 318 g/mol. The van der Waals surface area contributed by atoms with Gasteiger partial charge in [0.05, 0.1) is 5.56 Å². The number of halogens is 1. The molecule has 0 aliphatic carbocycles. The average Bonchev–Trinajstić information content (AvgIpc) is 2.91. The summed E-state index contributed by atoms with van der Waals surface area (Å²) in [5.74, 6) is 0.965. The molecule has 1 aromatic rings. The second kappa shape index (κ2) is 4.57. The molecule has 3 heterocycles. The van der Waals surface area contributed by atoms with E-state index in [1.807, 2.05) is 18.2 Å². The molecule has 0 saturated carbocycles. The summed E-state index contributed by atoms with van der Waals surface area (Å²) >= 11 is 3.45. The maximum absolute atomic E-state index is 12.9. The topological polar surface area (TPSA) is 29.5 Å². The van der Waals surface area contributed by atoms with Gasteiger partial charge in [-0.05, 0) is 57.0 Å². The number of rotatable bonds is 0. The summed E-state index contributed by atoms with van der Waals surface area (Å²) < 4.78 is 7.14. The number of Topliss-reactive ketones (excluding diaryl/α,β-unsaturated/α-hetero) is 1. The van der Waals surface area contributed by atoms with Gasteiger partial charge in [-0.15, -0.1) is 0 Å². The van der Waals surface area contributed by atoms with Gasteiger partial charge in [0.2, 0.25) is 5.78 Å². The highest BCUT2D eigenvalue weighted by Gasteiger charge is 2.51. The Kier molecular flexibility index (Phi) is 2.93. The molecule has 2 fully saturated rings. The van der Waals surface area contributed by atoms with Crippen LogP contribution in [0, 0.1) is 0 Å². The quantitative estimate of drug-likeness (QED) is 0.727. The van der Waals surface area contributed by atoms with Crippen molar-refractivity contribution >= 4 is 21.7 Å². The number of benzene rings is 1. The third-order valence-electron chi connectivity index (χ3n) is 5.00. The molecule has 0 bridgehead atoms. The van der Waals surface area contributed by atoms with E-state index in [4.69, 9.17) is 4.74 Å². The Morgan fingerprint density at radius 2 is 2.15 bits per heavy atom. The first-order valence-electron chi connectivity index (χ1n) is 7.45. The number of hydrogen-bond donors (Lipinski definition) is 0. The van der Waals surface area contributed by atoms with Gasteiger partial charge in [-0.1, -0.05) is 15.9 Å². The summed E-state index contributed by atoms with van der Waals surface area (Å²) in [6, 6.07) is 6.30. The van der Waals surface area contributed by atoms with Crippen LogP contribution in [0.3, 0.4) is 0 Å². The summed E-state index contributed by atoms with van der Waals surface area (Å²) in [5, 5.41) is 0. The largest absolute Gasteiger partial charge is 0.478 e. The number of ether oxygens (including phenoxy) is 1. The first-order valence-corrected chi connectivity index (χ1v) is 8.25. The molecule has 0 aromatic heterocycles. The first kappa shape index (κ1) is 12.8. The molecule has 106 valence electrons. The molecule has 1 spiro atoms. The van der Waals surface area contributed by atoms with Crippen LogP contribution in [-0.2, 0) is 0 Å². The van der Waals surface area contributed by atoms with E-state index in [0.29, 0.717) is 6.04 Å². The van der Waals surface area contributed by atoms with Gasteiger partial charge in [0, 0.05) is 16.9 Å². The van der Waals surface area contributed by atoms with E-state index in [9.17, 15) is 4.79 Å². The van der Waals surface area contributed by atoms with Crippen LogP contribution < -0.4 is 4.74 Å². The van der Waals surface area contributed by atoms with Crippen molar-refractivity contribution in [1.82, 2.24) is 4.90 Å². The monoisotopic (exact) mass is 335 g/mol. The van der Waals surface area contributed by atoms with Crippen molar-refractivity contribution in [2.45, 2.75) is 43.7 Å². The maximum atomic E-state index is 12.9. The van der Waals surface area contributed by atoms with Gasteiger partial charge in [0.15, 0.2) is 5.60 Å². The molecule has 2 saturated heterocycles. The van der Waals surface area contributed by atoms with Crippen molar-refractivity contribution < 1.29 is 9.53 Å². The van der Waals surface area contributed by atoms with E-state index < -0.39 is 5.60 Å². The summed E-state index contributed by atoms with van der Waals surface area (Å²) in [7, 11) is 0. The number of hydrogen-bond acceptors (Lipinski definition) is 3. The summed E-state index contributed by atoms with van der Waals surface area (Å²) in [4.78, 5) is 15.4. The van der Waals surface area contributed by atoms with Crippen LogP contribution in [0.25, 0.3) is 0 Å². The predicted molar refractivity (Wildman–Crippen MR) is 80.3 cm³/mol. The van der Waals surface area contributed by atoms with Crippen LogP contribution in [0.1, 0.15) is 42.5 Å². The van der Waals surface area contributed by atoms with Crippen LogP contribution in [0.5, 0.6) is 5.75 Å². The molecule has 3 aliphatic heterocycles. The van der Waals surface area contributed by atoms with Gasteiger partial charge in [-0.25, -0.2) is 0 Å². The third-order valence-corrected chi connectivity index (χ3v) is 5.49. The van der Waals surface area contributed by atoms with E-state index in [0.717, 1.165) is 41.6 Å². The van der Waals surface area contributed by atoms with Crippen LogP contribution in [0.4, 0.5) is 0 Å². The van der Waals surface area contributed by atoms with Crippen molar-refractivity contribution in [3.63, 3.8) is 0 Å². The van der Waals surface area contributed by atoms with Gasteiger partial charge in [-0.3, -0.25) is 4.79 Å². The fourth-order valence-electron chi connectivity index (χ4n) is 4.04. The van der Waals surface area contributed by atoms with Crippen molar-refractivity contribution in [3.8, 4) is 5.75 Å². The Balaban J connectivity index is 1.70. The minimum Gasteiger partial charge on any atom is -0.478 e. The zero-order chi connectivity index (χ0) is 13.7. The molecule has 2 unspecified atom stereocenters. The summed E-state index contributed by atoms with van der Waals surface area (Å²) in [6.45, 7) is 2.30. The lowest BCUT2D eigenvalue weighted by atomic mass is 9.85. The molecule has 0 N–H and O–H groups in total. The molecule has 0 amide bonds. The normalized spacial score (nSPS) is 32.9. The molecule has 4 rings (SSSR count). The second-order valence-corrected chi connectivity index (χ2v) is 7.12. The average molecular weight is 336 g/mol. The van der Waals surface area contributed by atoms with Gasteiger partial charge in [0.1, 0.15) is 5.75 Å². The van der Waals surface area contributed by atoms with Crippen molar-refractivity contribution in [2.24, 2.45) is 0 Å². The minimum absolute atomic E-state index is 0.197. The van der Waals surface area contributed by atoms with Gasteiger partial charge < -0.3 is 9.64 Å². The van der Waals surface area contributed by atoms with Gasteiger partial charge in [-0.2, -0.15) is 0 Å². The Morgan fingerprint density at radius 3 is 3.05 bits per heavy atom. The first-order chi connectivity index (χ1) is 9.68. The lowest BCUT2D eigenvalue weighted by molar-refractivity contribution is 0.0448. The lowest BCUT2D eigenvalue weighted by Crippen LogP contribution is -2.43. The Morgan fingerprint density at radius 1 is 1.30 bits per heavy atom. The van der Waals surface area contributed by atoms with E-state index in [2.05, 4.69) is 20.8 Å². The predicted octanol–water partition coefficient (Wildman–Crippen LogP) is 3.41. The third kappa shape index (κ3) is 1.85. The summed E-state index contributed by atoms with van der Waals surface area (Å²) in [6.07, 6.45) is 5.23. The molecule has 0 radical (unpaired) electrons. The highest BCUT2D eigenvalue weighted by molar-refractivity contribution is 9.10. The number of carbonyl (C=O) groups is 1. The number of fused-ring (bicyclic) bond motifs is 2. The molecular formula is C16H18BrNO2. The van der Waals surface area contributed by atoms with Crippen LogP contribution >= 0.6 is 15.9 Å². The van der Waals surface area contributed by atoms with E-state index >= 15 is 0 Å². The standard InChI is InChI=1S/C16H18BrNO2/c17-11-4-5-14-13(9-11)15(19)16(20-14)6-2-8-18-7-1-3-12(18)10-16/h4-5,9,12H,1-3,6-8,10H2. The molecule has 20 heavy (non-hydrogen) atoms. The second-order valence-electron chi connectivity index (χ2n) is 6.21. The van der Waals surface area contributed by atoms with Crippen molar-refractivity contribution in [3.05, 3.63) is 28.2 Å². The van der Waals surface area contributed by atoms with Gasteiger partial charge in [0.25, 0.3) is 0 Å². The smallest absolute Gasteiger partial charge is 0.210 e. The fourth-order valence-corrected chi connectivity index (χ4v) is 4.40. The van der Waals surface area contributed by atoms with Crippen molar-refractivity contribution in [1.29, 1.82) is 0 Å². The highest BCUT2D eigenvalue weighted by atomic mass is 79.9. The van der Waals surface area contributed by atoms with Crippen LogP contribution in [0.15, 0.2) is 22.7 Å². The van der Waals surface area contributed by atoms with Crippen LogP contribution in [0.2, 0.25) is 0 Å². The van der Waals surface area contributed by atoms with Crippen molar-refractivity contribution in [2.75, 3.05) is 13.1 Å². The lowest BCUT2D eigenvalue weighted by Gasteiger charge is -2.29. The highest BCUT2D eigenvalue weighted by Crippen LogP contribution is 2.44. The zero-order valence-corrected chi connectivity index (χ0v) is 13.0. The molecule has 2 atom stereocenters. The Hall–Kier alpha value is -0.870.